The van der Waals surface area contributed by atoms with Crippen molar-refractivity contribution in [1.82, 2.24) is 0 Å². The fourth-order valence-electron chi connectivity index (χ4n) is 1.95. The van der Waals surface area contributed by atoms with Gasteiger partial charge in [-0.15, -0.1) is 0 Å². The van der Waals surface area contributed by atoms with Crippen LogP contribution in [0.5, 0.6) is 5.75 Å². The lowest BCUT2D eigenvalue weighted by atomic mass is 10.1. The van der Waals surface area contributed by atoms with Gasteiger partial charge in [-0.2, -0.15) is 0 Å². The molecule has 108 valence electrons. The zero-order valence-corrected chi connectivity index (χ0v) is 12.5. The normalized spacial score (nSPS) is 11.5. The van der Waals surface area contributed by atoms with Gasteiger partial charge in [0.25, 0.3) is 0 Å². The van der Waals surface area contributed by atoms with Crippen molar-refractivity contribution in [3.8, 4) is 5.75 Å². The highest BCUT2D eigenvalue weighted by atomic mass is 32.2. The second-order valence-corrected chi connectivity index (χ2v) is 6.83. The van der Waals surface area contributed by atoms with Crippen LogP contribution in [0.3, 0.4) is 0 Å². The van der Waals surface area contributed by atoms with Crippen molar-refractivity contribution in [1.29, 1.82) is 0 Å². The Labute approximate surface area is 115 Å². The Morgan fingerprint density at radius 3 is 2.58 bits per heavy atom. The molecule has 0 aliphatic carbocycles. The summed E-state index contributed by atoms with van der Waals surface area (Å²) in [6.07, 6.45) is 2.71. The van der Waals surface area contributed by atoms with E-state index in [9.17, 15) is 8.42 Å². The second-order valence-electron chi connectivity index (χ2n) is 4.65. The number of ether oxygens (including phenoxy) is 1. The van der Waals surface area contributed by atoms with Crippen LogP contribution in [-0.4, -0.2) is 21.3 Å². The van der Waals surface area contributed by atoms with E-state index in [1.807, 2.05) is 12.1 Å². The van der Waals surface area contributed by atoms with Gasteiger partial charge in [-0.25, -0.2) is 8.42 Å². The van der Waals surface area contributed by atoms with E-state index in [-0.39, 0.29) is 11.5 Å². The number of rotatable bonds is 8. The third kappa shape index (κ3) is 5.20. The number of benzene rings is 1. The van der Waals surface area contributed by atoms with Crippen molar-refractivity contribution < 1.29 is 13.2 Å². The molecule has 0 saturated carbocycles. The molecule has 0 bridgehead atoms. The highest BCUT2D eigenvalue weighted by Gasteiger charge is 2.13. The maximum Gasteiger partial charge on any atom is 0.154 e. The number of nitrogens with two attached hydrogens (primary N) is 1. The van der Waals surface area contributed by atoms with E-state index < -0.39 is 9.84 Å². The van der Waals surface area contributed by atoms with E-state index in [0.717, 1.165) is 30.4 Å². The lowest BCUT2D eigenvalue weighted by Gasteiger charge is -2.09. The summed E-state index contributed by atoms with van der Waals surface area (Å²) in [5.74, 6) is 0.975. The van der Waals surface area contributed by atoms with Gasteiger partial charge in [0.15, 0.2) is 9.84 Å². The molecule has 0 spiro atoms. The van der Waals surface area contributed by atoms with Gasteiger partial charge < -0.3 is 10.5 Å². The Morgan fingerprint density at radius 1 is 1.26 bits per heavy atom. The number of hydrogen-bond donors (Lipinski definition) is 1. The van der Waals surface area contributed by atoms with Crippen LogP contribution in [0, 0.1) is 0 Å². The summed E-state index contributed by atoms with van der Waals surface area (Å²) in [7, 11) is -1.47. The molecule has 0 fully saturated rings. The summed E-state index contributed by atoms with van der Waals surface area (Å²) in [5.41, 5.74) is 7.23. The minimum atomic E-state index is -3.04. The largest absolute Gasteiger partial charge is 0.496 e. The third-order valence-electron chi connectivity index (χ3n) is 3.02. The van der Waals surface area contributed by atoms with E-state index in [2.05, 4.69) is 6.92 Å². The van der Waals surface area contributed by atoms with Gasteiger partial charge in [0.2, 0.25) is 0 Å². The topological polar surface area (TPSA) is 69.4 Å². The molecule has 2 N–H and O–H groups in total. The van der Waals surface area contributed by atoms with Gasteiger partial charge in [-0.3, -0.25) is 0 Å². The molecule has 0 aromatic heterocycles. The number of methoxy groups -OCH3 is 1. The molecule has 1 rings (SSSR count). The Balaban J connectivity index is 2.76. The van der Waals surface area contributed by atoms with E-state index in [1.165, 1.54) is 0 Å². The predicted molar refractivity (Wildman–Crippen MR) is 77.9 cm³/mol. The van der Waals surface area contributed by atoms with Gasteiger partial charge in [-0.1, -0.05) is 31.9 Å². The summed E-state index contributed by atoms with van der Waals surface area (Å²) in [6.45, 7) is 2.44. The molecule has 0 unspecified atom stereocenters. The molecule has 0 atom stereocenters. The highest BCUT2D eigenvalue weighted by Crippen LogP contribution is 2.21. The van der Waals surface area contributed by atoms with Crippen LogP contribution in [-0.2, 0) is 22.1 Å². The predicted octanol–water partition coefficient (Wildman–Crippen LogP) is 2.26. The van der Waals surface area contributed by atoms with Crippen LogP contribution < -0.4 is 10.5 Å². The Morgan fingerprint density at radius 2 is 2.00 bits per heavy atom. The lowest BCUT2D eigenvalue weighted by Crippen LogP contribution is -2.10. The van der Waals surface area contributed by atoms with Crippen LogP contribution >= 0.6 is 0 Å². The van der Waals surface area contributed by atoms with Gasteiger partial charge in [0.05, 0.1) is 18.6 Å². The van der Waals surface area contributed by atoms with Crippen LogP contribution in [0.15, 0.2) is 18.2 Å². The van der Waals surface area contributed by atoms with Crippen LogP contribution in [0.4, 0.5) is 0 Å². The van der Waals surface area contributed by atoms with Crippen molar-refractivity contribution in [3.63, 3.8) is 0 Å². The summed E-state index contributed by atoms with van der Waals surface area (Å²) in [5, 5.41) is 0. The molecule has 1 aromatic rings. The van der Waals surface area contributed by atoms with Gasteiger partial charge >= 0.3 is 0 Å². The van der Waals surface area contributed by atoms with Crippen molar-refractivity contribution in [3.05, 3.63) is 29.3 Å². The standard InChI is InChI=1S/C14H23NO3S/c1-3-4-5-8-19(16,17)11-12-6-7-13(10-15)14(9-12)18-2/h6-7,9H,3-5,8,10-11,15H2,1-2H3. The number of hydrogen-bond acceptors (Lipinski definition) is 4. The molecule has 1 aromatic carbocycles. The first kappa shape index (κ1) is 16.0. The molecular formula is C14H23NO3S. The SMILES string of the molecule is CCCCCS(=O)(=O)Cc1ccc(CN)c(OC)c1. The smallest absolute Gasteiger partial charge is 0.154 e. The molecule has 5 heteroatoms. The van der Waals surface area contributed by atoms with Crippen molar-refractivity contribution in [2.24, 2.45) is 5.73 Å². The maximum absolute atomic E-state index is 12.0. The van der Waals surface area contributed by atoms with Crippen molar-refractivity contribution in [2.45, 2.75) is 38.5 Å². The van der Waals surface area contributed by atoms with Crippen LogP contribution in [0.2, 0.25) is 0 Å². The molecule has 4 nitrogen and oxygen atoms in total. The Bertz CT molecular complexity index is 497. The summed E-state index contributed by atoms with van der Waals surface area (Å²) >= 11 is 0. The van der Waals surface area contributed by atoms with Crippen molar-refractivity contribution >= 4 is 9.84 Å². The Hall–Kier alpha value is -1.07. The first-order valence-electron chi connectivity index (χ1n) is 6.58. The van der Waals surface area contributed by atoms with Crippen LogP contribution in [0.25, 0.3) is 0 Å². The third-order valence-corrected chi connectivity index (χ3v) is 4.70. The molecule has 0 radical (unpaired) electrons. The zero-order chi connectivity index (χ0) is 14.3. The molecule has 0 heterocycles. The van der Waals surface area contributed by atoms with Gasteiger partial charge in [0.1, 0.15) is 5.75 Å². The second kappa shape index (κ2) is 7.50. The van der Waals surface area contributed by atoms with E-state index in [4.69, 9.17) is 10.5 Å². The first-order chi connectivity index (χ1) is 9.02. The minimum Gasteiger partial charge on any atom is -0.496 e. The molecule has 0 saturated heterocycles. The van der Waals surface area contributed by atoms with Gasteiger partial charge in [0, 0.05) is 12.1 Å². The zero-order valence-electron chi connectivity index (χ0n) is 11.7. The van der Waals surface area contributed by atoms with Gasteiger partial charge in [-0.05, 0) is 18.1 Å². The van der Waals surface area contributed by atoms with Crippen LogP contribution in [0.1, 0.15) is 37.3 Å². The average molecular weight is 285 g/mol. The number of sulfone groups is 1. The monoisotopic (exact) mass is 285 g/mol. The minimum absolute atomic E-state index is 0.0674. The number of unbranched alkanes of at least 4 members (excludes halogenated alkanes) is 2. The fraction of sp³-hybridized carbons (Fsp3) is 0.571. The molecule has 0 aliphatic heterocycles. The van der Waals surface area contributed by atoms with E-state index >= 15 is 0 Å². The molecule has 19 heavy (non-hydrogen) atoms. The quantitative estimate of drug-likeness (QED) is 0.744. The lowest BCUT2D eigenvalue weighted by molar-refractivity contribution is 0.409. The Kier molecular flexibility index (Phi) is 6.31. The summed E-state index contributed by atoms with van der Waals surface area (Å²) < 4.78 is 29.1. The molecule has 0 aliphatic rings. The highest BCUT2D eigenvalue weighted by molar-refractivity contribution is 7.90. The van der Waals surface area contributed by atoms with Crippen molar-refractivity contribution in [2.75, 3.05) is 12.9 Å². The molecule has 0 amide bonds. The average Bonchev–Trinajstić information content (AvgIpc) is 2.38. The first-order valence-corrected chi connectivity index (χ1v) is 8.40. The fourth-order valence-corrected chi connectivity index (χ4v) is 3.42. The molecular weight excluding hydrogens is 262 g/mol. The van der Waals surface area contributed by atoms with E-state index in [0.29, 0.717) is 12.3 Å². The maximum atomic E-state index is 12.0. The summed E-state index contributed by atoms with van der Waals surface area (Å²) in [4.78, 5) is 0. The van der Waals surface area contributed by atoms with E-state index in [1.54, 1.807) is 13.2 Å². The summed E-state index contributed by atoms with van der Waals surface area (Å²) in [6, 6.07) is 5.40.